The van der Waals surface area contributed by atoms with Gasteiger partial charge in [-0.2, -0.15) is 0 Å². The molecule has 10 heteroatoms. The third-order valence-electron chi connectivity index (χ3n) is 4.41. The molecule has 8 nitrogen and oxygen atoms in total. The molecule has 1 unspecified atom stereocenters. The minimum Gasteiger partial charge on any atom is -0.352 e. The normalized spacial score (nSPS) is 17.9. The zero-order valence-corrected chi connectivity index (χ0v) is 16.4. The molecule has 4 rings (SSSR count). The zero-order chi connectivity index (χ0) is 18.3. The molecule has 1 atom stereocenters. The Morgan fingerprint density at radius 3 is 2.88 bits per heavy atom. The first-order chi connectivity index (χ1) is 12.5. The number of halogens is 1. The average Bonchev–Trinajstić information content (AvgIpc) is 3.22. The van der Waals surface area contributed by atoms with Crippen LogP contribution in [0.25, 0.3) is 5.65 Å². The second-order valence-electron chi connectivity index (χ2n) is 6.17. The number of anilines is 1. The van der Waals surface area contributed by atoms with Crippen LogP contribution in [0.1, 0.15) is 12.2 Å². The number of hydrogen-bond donors (Lipinski definition) is 1. The Labute approximate surface area is 159 Å². The Hall–Kier alpha value is -2.04. The van der Waals surface area contributed by atoms with Crippen LogP contribution in [0.3, 0.4) is 0 Å². The lowest BCUT2D eigenvalue weighted by Gasteiger charge is -2.18. The van der Waals surface area contributed by atoms with Crippen molar-refractivity contribution in [3.63, 3.8) is 0 Å². The van der Waals surface area contributed by atoms with Crippen LogP contribution in [-0.2, 0) is 10.0 Å². The molecule has 0 aliphatic carbocycles. The summed E-state index contributed by atoms with van der Waals surface area (Å²) in [6.45, 7) is 3.10. The molecule has 0 radical (unpaired) electrons. The minimum absolute atomic E-state index is 0.196. The van der Waals surface area contributed by atoms with Gasteiger partial charge in [-0.3, -0.25) is 4.40 Å². The van der Waals surface area contributed by atoms with E-state index in [9.17, 15) is 8.42 Å². The average molecular weight is 437 g/mol. The minimum atomic E-state index is -3.60. The van der Waals surface area contributed by atoms with Crippen LogP contribution in [0.4, 0.5) is 5.82 Å². The maximum absolute atomic E-state index is 12.7. The summed E-state index contributed by atoms with van der Waals surface area (Å²) >= 11 is 3.30. The molecule has 0 saturated carbocycles. The molecule has 3 heterocycles. The number of nitrogens with one attached hydrogen (secondary N) is 1. The van der Waals surface area contributed by atoms with E-state index in [4.69, 9.17) is 0 Å². The van der Waals surface area contributed by atoms with E-state index in [1.54, 1.807) is 30.5 Å². The van der Waals surface area contributed by atoms with Crippen molar-refractivity contribution in [1.29, 1.82) is 0 Å². The highest BCUT2D eigenvalue weighted by Crippen LogP contribution is 2.25. The van der Waals surface area contributed by atoms with Crippen LogP contribution in [0, 0.1) is 6.92 Å². The van der Waals surface area contributed by atoms with E-state index in [1.165, 1.54) is 0 Å². The Balaban J connectivity index is 1.55. The molecule has 1 fully saturated rings. The van der Waals surface area contributed by atoms with Crippen LogP contribution in [0.5, 0.6) is 0 Å². The number of aryl methyl sites for hydroxylation is 1. The van der Waals surface area contributed by atoms with Gasteiger partial charge in [0.25, 0.3) is 0 Å². The third kappa shape index (κ3) is 3.08. The summed E-state index contributed by atoms with van der Waals surface area (Å²) in [5.74, 6) is 1.50. The molecule has 1 aromatic carbocycles. The van der Waals surface area contributed by atoms with Gasteiger partial charge in [-0.15, -0.1) is 10.2 Å². The van der Waals surface area contributed by atoms with Gasteiger partial charge < -0.3 is 4.90 Å². The van der Waals surface area contributed by atoms with Gasteiger partial charge in [-0.05, 0) is 41.4 Å². The zero-order valence-electron chi connectivity index (χ0n) is 14.0. The van der Waals surface area contributed by atoms with Crippen molar-refractivity contribution in [3.8, 4) is 0 Å². The first kappa shape index (κ1) is 17.4. The van der Waals surface area contributed by atoms with Crippen LogP contribution in [0.15, 0.2) is 46.0 Å². The maximum Gasteiger partial charge on any atom is 0.242 e. The van der Waals surface area contributed by atoms with Gasteiger partial charge in [0.05, 0.1) is 4.90 Å². The highest BCUT2D eigenvalue weighted by Gasteiger charge is 2.30. The lowest BCUT2D eigenvalue weighted by molar-refractivity contribution is 0.561. The fourth-order valence-electron chi connectivity index (χ4n) is 3.15. The van der Waals surface area contributed by atoms with Gasteiger partial charge in [-0.1, -0.05) is 12.1 Å². The lowest BCUT2D eigenvalue weighted by Crippen LogP contribution is -2.37. The number of hydrogen-bond acceptors (Lipinski definition) is 6. The van der Waals surface area contributed by atoms with Gasteiger partial charge in [0.15, 0.2) is 5.82 Å². The van der Waals surface area contributed by atoms with Crippen molar-refractivity contribution >= 4 is 37.4 Å². The molecule has 3 aromatic rings. The SMILES string of the molecule is Cc1nnc2c(N3CCC(NS(=O)(=O)c4ccccc4Br)C3)nccn12. The standard InChI is InChI=1S/C16H17BrN6O2S/c1-11-19-20-16-15(18-7-9-23(11)16)22-8-6-12(10-22)21-26(24,25)14-5-3-2-4-13(14)17/h2-5,7,9,12,21H,6,8,10H2,1H3. The highest BCUT2D eigenvalue weighted by atomic mass is 79.9. The fraction of sp³-hybridized carbons (Fsp3) is 0.312. The summed E-state index contributed by atoms with van der Waals surface area (Å²) in [6.07, 6.45) is 4.22. The van der Waals surface area contributed by atoms with Crippen LogP contribution < -0.4 is 9.62 Å². The van der Waals surface area contributed by atoms with Crippen molar-refractivity contribution in [3.05, 3.63) is 47.0 Å². The fourth-order valence-corrected chi connectivity index (χ4v) is 5.41. The number of nitrogens with zero attached hydrogens (tertiary/aromatic N) is 5. The van der Waals surface area contributed by atoms with Crippen molar-refractivity contribution in [1.82, 2.24) is 24.3 Å². The molecule has 1 N–H and O–H groups in total. The first-order valence-electron chi connectivity index (χ1n) is 8.14. The Morgan fingerprint density at radius 1 is 1.27 bits per heavy atom. The van der Waals surface area contributed by atoms with Crippen molar-refractivity contribution in [2.45, 2.75) is 24.3 Å². The molecule has 26 heavy (non-hydrogen) atoms. The predicted molar refractivity (Wildman–Crippen MR) is 101 cm³/mol. The van der Waals surface area contributed by atoms with Crippen LogP contribution in [-0.4, -0.2) is 47.1 Å². The molecule has 136 valence electrons. The molecule has 0 amide bonds. The maximum atomic E-state index is 12.7. The molecule has 2 aromatic heterocycles. The topological polar surface area (TPSA) is 92.5 Å². The summed E-state index contributed by atoms with van der Waals surface area (Å²) in [4.78, 5) is 6.70. The summed E-state index contributed by atoms with van der Waals surface area (Å²) in [5.41, 5.74) is 0.680. The molecule has 1 aliphatic rings. The predicted octanol–water partition coefficient (Wildman–Crippen LogP) is 1.75. The summed E-state index contributed by atoms with van der Waals surface area (Å²) in [6, 6.07) is 6.60. The summed E-state index contributed by atoms with van der Waals surface area (Å²) < 4.78 is 30.6. The van der Waals surface area contributed by atoms with Crippen molar-refractivity contribution in [2.75, 3.05) is 18.0 Å². The third-order valence-corrected chi connectivity index (χ3v) is 6.95. The number of rotatable bonds is 4. The molecule has 0 spiro atoms. The molecule has 0 bridgehead atoms. The van der Waals surface area contributed by atoms with Gasteiger partial charge >= 0.3 is 0 Å². The van der Waals surface area contributed by atoms with Crippen LogP contribution in [0.2, 0.25) is 0 Å². The van der Waals surface area contributed by atoms with E-state index < -0.39 is 10.0 Å². The molecule has 1 aliphatic heterocycles. The number of aromatic nitrogens is 4. The second kappa shape index (κ2) is 6.60. The van der Waals surface area contributed by atoms with Gasteiger partial charge in [-0.25, -0.2) is 18.1 Å². The molecule has 1 saturated heterocycles. The monoisotopic (exact) mass is 436 g/mol. The number of benzene rings is 1. The van der Waals surface area contributed by atoms with Crippen molar-refractivity contribution in [2.24, 2.45) is 0 Å². The van der Waals surface area contributed by atoms with E-state index in [0.717, 1.165) is 11.6 Å². The Bertz CT molecular complexity index is 1070. The number of sulfonamides is 1. The van der Waals surface area contributed by atoms with E-state index in [2.05, 4.69) is 35.8 Å². The Kier molecular flexibility index (Phi) is 4.41. The molecular weight excluding hydrogens is 420 g/mol. The largest absolute Gasteiger partial charge is 0.352 e. The number of fused-ring (bicyclic) bond motifs is 1. The lowest BCUT2D eigenvalue weighted by atomic mass is 10.3. The first-order valence-corrected chi connectivity index (χ1v) is 10.4. The highest BCUT2D eigenvalue weighted by molar-refractivity contribution is 9.10. The van der Waals surface area contributed by atoms with E-state index in [0.29, 0.717) is 29.6 Å². The summed E-state index contributed by atoms with van der Waals surface area (Å²) in [5, 5.41) is 8.27. The summed E-state index contributed by atoms with van der Waals surface area (Å²) in [7, 11) is -3.60. The van der Waals surface area contributed by atoms with Gasteiger partial charge in [0.2, 0.25) is 15.7 Å². The van der Waals surface area contributed by atoms with Crippen molar-refractivity contribution < 1.29 is 8.42 Å². The quantitative estimate of drug-likeness (QED) is 0.669. The smallest absolute Gasteiger partial charge is 0.242 e. The van der Waals surface area contributed by atoms with E-state index >= 15 is 0 Å². The van der Waals surface area contributed by atoms with E-state index in [1.807, 2.05) is 22.4 Å². The van der Waals surface area contributed by atoms with Gasteiger partial charge in [0.1, 0.15) is 5.82 Å². The second-order valence-corrected chi connectivity index (χ2v) is 8.71. The van der Waals surface area contributed by atoms with Gasteiger partial charge in [0, 0.05) is 36.0 Å². The van der Waals surface area contributed by atoms with E-state index in [-0.39, 0.29) is 10.9 Å². The van der Waals surface area contributed by atoms with Crippen LogP contribution >= 0.6 is 15.9 Å². The Morgan fingerprint density at radius 2 is 2.08 bits per heavy atom. The molecular formula is C16H17BrN6O2S.